The van der Waals surface area contributed by atoms with E-state index >= 15 is 0 Å². The van der Waals surface area contributed by atoms with E-state index in [-0.39, 0.29) is 5.91 Å². The van der Waals surface area contributed by atoms with E-state index in [2.05, 4.69) is 10.2 Å². The summed E-state index contributed by atoms with van der Waals surface area (Å²) in [6.07, 6.45) is 14.0. The van der Waals surface area contributed by atoms with Gasteiger partial charge in [-0.05, 0) is 50.5 Å². The molecule has 0 radical (unpaired) electrons. The van der Waals surface area contributed by atoms with Crippen LogP contribution < -0.4 is 5.32 Å². The Hall–Kier alpha value is -0.570. The van der Waals surface area contributed by atoms with Crippen LogP contribution >= 0.6 is 0 Å². The van der Waals surface area contributed by atoms with Gasteiger partial charge >= 0.3 is 0 Å². The first kappa shape index (κ1) is 15.3. The zero-order valence-corrected chi connectivity index (χ0v) is 13.5. The SMILES string of the molecule is O=C1CCC2CN(CCCCCCCN1)C1CCCCC21. The lowest BCUT2D eigenvalue weighted by atomic mass is 9.78. The van der Waals surface area contributed by atoms with Gasteiger partial charge in [0.15, 0.2) is 0 Å². The van der Waals surface area contributed by atoms with Crippen molar-refractivity contribution < 1.29 is 4.79 Å². The van der Waals surface area contributed by atoms with Crippen molar-refractivity contribution in [2.24, 2.45) is 11.8 Å². The first-order valence-electron chi connectivity index (χ1n) is 9.35. The van der Waals surface area contributed by atoms with Crippen LogP contribution in [0, 0.1) is 11.8 Å². The van der Waals surface area contributed by atoms with Crippen LogP contribution in [0.1, 0.15) is 70.6 Å². The molecule has 2 aliphatic heterocycles. The number of nitrogens with zero attached hydrogens (tertiary/aromatic N) is 1. The fourth-order valence-corrected chi connectivity index (χ4v) is 4.88. The largest absolute Gasteiger partial charge is 0.356 e. The predicted octanol–water partition coefficient (Wildman–Crippen LogP) is 3.34. The van der Waals surface area contributed by atoms with Gasteiger partial charge in [-0.2, -0.15) is 0 Å². The first-order chi connectivity index (χ1) is 10.3. The summed E-state index contributed by atoms with van der Waals surface area (Å²) < 4.78 is 0. The number of carbonyl (C=O) groups excluding carboxylic acids is 1. The van der Waals surface area contributed by atoms with Crippen molar-refractivity contribution in [2.45, 2.75) is 76.7 Å². The minimum Gasteiger partial charge on any atom is -0.356 e. The molecule has 0 aromatic rings. The summed E-state index contributed by atoms with van der Waals surface area (Å²) in [6, 6.07) is 0.844. The molecule has 21 heavy (non-hydrogen) atoms. The molecule has 2 saturated heterocycles. The molecule has 0 spiro atoms. The molecule has 3 heteroatoms. The van der Waals surface area contributed by atoms with Gasteiger partial charge in [0.2, 0.25) is 5.91 Å². The summed E-state index contributed by atoms with van der Waals surface area (Å²) in [6.45, 7) is 3.47. The van der Waals surface area contributed by atoms with E-state index in [0.29, 0.717) is 0 Å². The molecule has 4 atom stereocenters. The van der Waals surface area contributed by atoms with Crippen LogP contribution in [-0.2, 0) is 4.79 Å². The number of amides is 1. The number of nitrogens with one attached hydrogen (secondary N) is 1. The summed E-state index contributed by atoms with van der Waals surface area (Å²) >= 11 is 0. The molecule has 3 nitrogen and oxygen atoms in total. The normalized spacial score (nSPS) is 39.1. The quantitative estimate of drug-likeness (QED) is 0.742. The maximum Gasteiger partial charge on any atom is 0.220 e. The van der Waals surface area contributed by atoms with Gasteiger partial charge in [0.05, 0.1) is 0 Å². The van der Waals surface area contributed by atoms with Crippen molar-refractivity contribution in [3.63, 3.8) is 0 Å². The third-order valence-corrected chi connectivity index (χ3v) is 6.01. The molecule has 1 aliphatic carbocycles. The number of hydrogen-bond acceptors (Lipinski definition) is 2. The molecule has 2 heterocycles. The Morgan fingerprint density at radius 3 is 2.67 bits per heavy atom. The Bertz CT molecular complexity index is 344. The molecule has 1 amide bonds. The molecular weight excluding hydrogens is 260 g/mol. The van der Waals surface area contributed by atoms with Crippen LogP contribution in [-0.4, -0.2) is 36.5 Å². The predicted molar refractivity (Wildman–Crippen MR) is 86.1 cm³/mol. The third-order valence-electron chi connectivity index (χ3n) is 6.01. The number of carbonyl (C=O) groups is 1. The van der Waals surface area contributed by atoms with Gasteiger partial charge in [-0.3, -0.25) is 9.69 Å². The highest BCUT2D eigenvalue weighted by atomic mass is 16.1. The van der Waals surface area contributed by atoms with Crippen LogP contribution in [0.2, 0.25) is 0 Å². The summed E-state index contributed by atoms with van der Waals surface area (Å²) in [5.41, 5.74) is 0. The molecule has 0 aromatic carbocycles. The van der Waals surface area contributed by atoms with Crippen molar-refractivity contribution in [1.29, 1.82) is 0 Å². The van der Waals surface area contributed by atoms with Gasteiger partial charge in [-0.1, -0.05) is 32.1 Å². The molecule has 1 saturated carbocycles. The summed E-state index contributed by atoms with van der Waals surface area (Å²) in [7, 11) is 0. The van der Waals surface area contributed by atoms with E-state index in [1.54, 1.807) is 0 Å². The second-order valence-electron chi connectivity index (χ2n) is 7.43. The van der Waals surface area contributed by atoms with Crippen molar-refractivity contribution in [3.05, 3.63) is 0 Å². The molecular formula is C18H32N2O. The van der Waals surface area contributed by atoms with Crippen LogP contribution in [0.4, 0.5) is 0 Å². The minimum atomic E-state index is 0.290. The van der Waals surface area contributed by atoms with Gasteiger partial charge in [0, 0.05) is 25.6 Å². The summed E-state index contributed by atoms with van der Waals surface area (Å²) in [4.78, 5) is 14.8. The zero-order chi connectivity index (χ0) is 14.5. The minimum absolute atomic E-state index is 0.290. The molecule has 4 unspecified atom stereocenters. The maximum absolute atomic E-state index is 12.0. The monoisotopic (exact) mass is 292 g/mol. The number of fused-ring (bicyclic) bond motifs is 5. The van der Waals surface area contributed by atoms with Gasteiger partial charge in [0.1, 0.15) is 0 Å². The Morgan fingerprint density at radius 2 is 1.71 bits per heavy atom. The number of rotatable bonds is 0. The molecule has 3 fully saturated rings. The zero-order valence-electron chi connectivity index (χ0n) is 13.5. The van der Waals surface area contributed by atoms with Crippen LogP contribution in [0.15, 0.2) is 0 Å². The average Bonchev–Trinajstić information content (AvgIpc) is 2.85. The lowest BCUT2D eigenvalue weighted by molar-refractivity contribution is -0.121. The van der Waals surface area contributed by atoms with Gasteiger partial charge in [0.25, 0.3) is 0 Å². The standard InChI is InChI=1S/C18H32N2O/c21-18-11-10-15-14-20(17-9-5-4-8-16(15)17)13-7-3-1-2-6-12-19-18/h15-17H,1-14H2,(H,19,21). The van der Waals surface area contributed by atoms with Crippen LogP contribution in [0.5, 0.6) is 0 Å². The van der Waals surface area contributed by atoms with E-state index in [0.717, 1.165) is 43.7 Å². The Labute approximate surface area is 129 Å². The van der Waals surface area contributed by atoms with Gasteiger partial charge in [-0.15, -0.1) is 0 Å². The second-order valence-corrected chi connectivity index (χ2v) is 7.43. The van der Waals surface area contributed by atoms with E-state index < -0.39 is 0 Å². The smallest absolute Gasteiger partial charge is 0.220 e. The lowest BCUT2D eigenvalue weighted by Crippen LogP contribution is -2.35. The second kappa shape index (κ2) is 7.62. The summed E-state index contributed by atoms with van der Waals surface area (Å²) in [5, 5.41) is 3.11. The Morgan fingerprint density at radius 1 is 0.905 bits per heavy atom. The highest BCUT2D eigenvalue weighted by Gasteiger charge is 2.41. The third kappa shape index (κ3) is 4.00. The molecule has 1 N–H and O–H groups in total. The first-order valence-corrected chi connectivity index (χ1v) is 9.35. The van der Waals surface area contributed by atoms with Crippen molar-refractivity contribution in [3.8, 4) is 0 Å². The topological polar surface area (TPSA) is 32.3 Å². The van der Waals surface area contributed by atoms with E-state index in [9.17, 15) is 4.79 Å². The Balaban J connectivity index is 1.62. The van der Waals surface area contributed by atoms with Crippen LogP contribution in [0.25, 0.3) is 0 Å². The van der Waals surface area contributed by atoms with E-state index in [1.807, 2.05) is 0 Å². The fraction of sp³-hybridized carbons (Fsp3) is 0.944. The fourth-order valence-electron chi connectivity index (χ4n) is 4.88. The molecule has 0 aromatic heterocycles. The van der Waals surface area contributed by atoms with E-state index in [4.69, 9.17) is 0 Å². The lowest BCUT2D eigenvalue weighted by Gasteiger charge is -2.32. The molecule has 120 valence electrons. The van der Waals surface area contributed by atoms with Crippen molar-refractivity contribution >= 4 is 5.91 Å². The molecule has 2 bridgehead atoms. The highest BCUT2D eigenvalue weighted by molar-refractivity contribution is 5.75. The summed E-state index contributed by atoms with van der Waals surface area (Å²) in [5.74, 6) is 1.96. The Kier molecular flexibility index (Phi) is 5.56. The van der Waals surface area contributed by atoms with Gasteiger partial charge < -0.3 is 5.32 Å². The van der Waals surface area contributed by atoms with Crippen molar-refractivity contribution in [2.75, 3.05) is 19.6 Å². The van der Waals surface area contributed by atoms with Crippen molar-refractivity contribution in [1.82, 2.24) is 10.2 Å². The van der Waals surface area contributed by atoms with Crippen LogP contribution in [0.3, 0.4) is 0 Å². The number of hydrogen-bond donors (Lipinski definition) is 1. The molecule has 3 rings (SSSR count). The molecule has 3 aliphatic rings. The average molecular weight is 292 g/mol. The van der Waals surface area contributed by atoms with E-state index in [1.165, 1.54) is 64.5 Å². The maximum atomic E-state index is 12.0. The highest BCUT2D eigenvalue weighted by Crippen LogP contribution is 2.41. The van der Waals surface area contributed by atoms with Gasteiger partial charge in [-0.25, -0.2) is 0 Å².